The van der Waals surface area contributed by atoms with Gasteiger partial charge < -0.3 is 5.73 Å². The standard InChI is InChI=1S/C17H20N2/c18-17(12-16-7-3-4-10-19-16)15-9-8-13-5-1-2-6-14(13)11-15/h1-7,10,15,17H,8-9,11-12,18H2. The fourth-order valence-corrected chi connectivity index (χ4v) is 3.02. The zero-order valence-electron chi connectivity index (χ0n) is 11.1. The first-order chi connectivity index (χ1) is 9.33. The molecule has 0 aliphatic heterocycles. The van der Waals surface area contributed by atoms with Gasteiger partial charge in [0.2, 0.25) is 0 Å². The molecule has 2 aromatic rings. The molecule has 0 saturated carbocycles. The monoisotopic (exact) mass is 252 g/mol. The van der Waals surface area contributed by atoms with Crippen molar-refractivity contribution in [3.8, 4) is 0 Å². The highest BCUT2D eigenvalue weighted by Crippen LogP contribution is 2.27. The van der Waals surface area contributed by atoms with Gasteiger partial charge in [-0.05, 0) is 48.4 Å². The number of hydrogen-bond donors (Lipinski definition) is 1. The zero-order valence-corrected chi connectivity index (χ0v) is 11.1. The van der Waals surface area contributed by atoms with E-state index >= 15 is 0 Å². The minimum atomic E-state index is 0.211. The van der Waals surface area contributed by atoms with Crippen molar-refractivity contribution in [3.63, 3.8) is 0 Å². The van der Waals surface area contributed by atoms with Gasteiger partial charge in [0.25, 0.3) is 0 Å². The molecule has 2 atom stereocenters. The largest absolute Gasteiger partial charge is 0.327 e. The minimum absolute atomic E-state index is 0.211. The van der Waals surface area contributed by atoms with E-state index < -0.39 is 0 Å². The Kier molecular flexibility index (Phi) is 3.60. The van der Waals surface area contributed by atoms with Crippen molar-refractivity contribution in [2.24, 2.45) is 11.7 Å². The molecule has 0 spiro atoms. The lowest BCUT2D eigenvalue weighted by molar-refractivity contribution is 0.370. The van der Waals surface area contributed by atoms with Crippen molar-refractivity contribution < 1.29 is 0 Å². The van der Waals surface area contributed by atoms with E-state index in [-0.39, 0.29) is 6.04 Å². The van der Waals surface area contributed by atoms with Gasteiger partial charge in [-0.15, -0.1) is 0 Å². The Morgan fingerprint density at radius 2 is 1.89 bits per heavy atom. The molecule has 1 aliphatic carbocycles. The van der Waals surface area contributed by atoms with Gasteiger partial charge in [-0.25, -0.2) is 0 Å². The summed E-state index contributed by atoms with van der Waals surface area (Å²) in [6.07, 6.45) is 6.21. The normalized spacial score (nSPS) is 19.7. The predicted octanol–water partition coefficient (Wildman–Crippen LogP) is 2.76. The van der Waals surface area contributed by atoms with Gasteiger partial charge in [0.15, 0.2) is 0 Å². The first-order valence-electron chi connectivity index (χ1n) is 7.05. The van der Waals surface area contributed by atoms with E-state index in [9.17, 15) is 0 Å². The fraction of sp³-hybridized carbons (Fsp3) is 0.353. The lowest BCUT2D eigenvalue weighted by Crippen LogP contribution is -2.36. The van der Waals surface area contributed by atoms with Crippen LogP contribution in [-0.2, 0) is 19.3 Å². The number of hydrogen-bond acceptors (Lipinski definition) is 2. The first kappa shape index (κ1) is 12.4. The Hall–Kier alpha value is -1.67. The van der Waals surface area contributed by atoms with Crippen molar-refractivity contribution in [2.75, 3.05) is 0 Å². The van der Waals surface area contributed by atoms with Crippen LogP contribution in [0.3, 0.4) is 0 Å². The third-order valence-electron chi connectivity index (χ3n) is 4.16. The first-order valence-corrected chi connectivity index (χ1v) is 7.05. The quantitative estimate of drug-likeness (QED) is 0.912. The van der Waals surface area contributed by atoms with Crippen molar-refractivity contribution in [1.29, 1.82) is 0 Å². The summed E-state index contributed by atoms with van der Waals surface area (Å²) in [5, 5.41) is 0. The number of aromatic nitrogens is 1. The molecule has 1 aliphatic rings. The smallest absolute Gasteiger partial charge is 0.0419 e. The lowest BCUT2D eigenvalue weighted by atomic mass is 9.79. The lowest BCUT2D eigenvalue weighted by Gasteiger charge is -2.29. The Labute approximate surface area is 114 Å². The molecular formula is C17H20N2. The van der Waals surface area contributed by atoms with Gasteiger partial charge in [-0.3, -0.25) is 4.98 Å². The SMILES string of the molecule is NC(Cc1ccccn1)C1CCc2ccccc2C1. The molecule has 0 fully saturated rings. The van der Waals surface area contributed by atoms with E-state index in [1.807, 2.05) is 18.3 Å². The van der Waals surface area contributed by atoms with E-state index in [0.717, 1.165) is 25.0 Å². The molecular weight excluding hydrogens is 232 g/mol. The molecule has 2 N–H and O–H groups in total. The highest BCUT2D eigenvalue weighted by atomic mass is 14.7. The van der Waals surface area contributed by atoms with Crippen LogP contribution in [0.4, 0.5) is 0 Å². The van der Waals surface area contributed by atoms with Crippen LogP contribution >= 0.6 is 0 Å². The van der Waals surface area contributed by atoms with E-state index in [2.05, 4.69) is 35.3 Å². The molecule has 0 saturated heterocycles. The van der Waals surface area contributed by atoms with Crippen LogP contribution in [0.15, 0.2) is 48.7 Å². The number of rotatable bonds is 3. The molecule has 1 heterocycles. The molecule has 2 unspecified atom stereocenters. The number of pyridine rings is 1. The molecule has 2 nitrogen and oxygen atoms in total. The van der Waals surface area contributed by atoms with Crippen LogP contribution in [0.2, 0.25) is 0 Å². The topological polar surface area (TPSA) is 38.9 Å². The molecule has 3 rings (SSSR count). The van der Waals surface area contributed by atoms with Gasteiger partial charge in [0.05, 0.1) is 0 Å². The van der Waals surface area contributed by atoms with E-state index in [4.69, 9.17) is 5.73 Å². The van der Waals surface area contributed by atoms with Crippen LogP contribution in [0, 0.1) is 5.92 Å². The van der Waals surface area contributed by atoms with Crippen molar-refractivity contribution >= 4 is 0 Å². The summed E-state index contributed by atoms with van der Waals surface area (Å²) in [5.41, 5.74) is 10.5. The Balaban J connectivity index is 1.68. The van der Waals surface area contributed by atoms with Crippen LogP contribution in [0.1, 0.15) is 23.2 Å². The number of fused-ring (bicyclic) bond motifs is 1. The average Bonchev–Trinajstić information content (AvgIpc) is 2.48. The number of nitrogens with two attached hydrogens (primary N) is 1. The summed E-state index contributed by atoms with van der Waals surface area (Å²) >= 11 is 0. The molecule has 1 aromatic heterocycles. The van der Waals surface area contributed by atoms with E-state index in [1.165, 1.54) is 17.5 Å². The minimum Gasteiger partial charge on any atom is -0.327 e. The predicted molar refractivity (Wildman–Crippen MR) is 77.9 cm³/mol. The summed E-state index contributed by atoms with van der Waals surface area (Å²) in [7, 11) is 0. The van der Waals surface area contributed by atoms with Gasteiger partial charge in [-0.1, -0.05) is 30.3 Å². The van der Waals surface area contributed by atoms with Gasteiger partial charge in [0.1, 0.15) is 0 Å². The second kappa shape index (κ2) is 5.54. The maximum absolute atomic E-state index is 6.40. The highest BCUT2D eigenvalue weighted by Gasteiger charge is 2.23. The summed E-state index contributed by atoms with van der Waals surface area (Å²) in [5.74, 6) is 0.580. The van der Waals surface area contributed by atoms with Crippen LogP contribution < -0.4 is 5.73 Å². The van der Waals surface area contributed by atoms with E-state index in [1.54, 1.807) is 0 Å². The number of aryl methyl sites for hydroxylation is 1. The molecule has 19 heavy (non-hydrogen) atoms. The molecule has 2 heteroatoms. The van der Waals surface area contributed by atoms with Crippen LogP contribution in [0.5, 0.6) is 0 Å². The van der Waals surface area contributed by atoms with Crippen molar-refractivity contribution in [3.05, 3.63) is 65.5 Å². The van der Waals surface area contributed by atoms with E-state index in [0.29, 0.717) is 5.92 Å². The third-order valence-corrected chi connectivity index (χ3v) is 4.16. The maximum Gasteiger partial charge on any atom is 0.0419 e. The molecule has 98 valence electrons. The summed E-state index contributed by atoms with van der Waals surface area (Å²) in [4.78, 5) is 4.38. The fourth-order valence-electron chi connectivity index (χ4n) is 3.02. The van der Waals surface area contributed by atoms with Crippen LogP contribution in [-0.4, -0.2) is 11.0 Å². The molecule has 0 bridgehead atoms. The second-order valence-corrected chi connectivity index (χ2v) is 5.46. The second-order valence-electron chi connectivity index (χ2n) is 5.46. The summed E-state index contributed by atoms with van der Waals surface area (Å²) < 4.78 is 0. The molecule has 0 radical (unpaired) electrons. The summed E-state index contributed by atoms with van der Waals surface area (Å²) in [6, 6.07) is 15.0. The maximum atomic E-state index is 6.40. The van der Waals surface area contributed by atoms with Crippen LogP contribution in [0.25, 0.3) is 0 Å². The highest BCUT2D eigenvalue weighted by molar-refractivity contribution is 5.30. The van der Waals surface area contributed by atoms with Crippen molar-refractivity contribution in [2.45, 2.75) is 31.7 Å². The number of benzene rings is 1. The van der Waals surface area contributed by atoms with Crippen molar-refractivity contribution in [1.82, 2.24) is 4.98 Å². The Bertz CT molecular complexity index is 536. The van der Waals surface area contributed by atoms with Gasteiger partial charge in [0, 0.05) is 24.4 Å². The van der Waals surface area contributed by atoms with Gasteiger partial charge >= 0.3 is 0 Å². The number of nitrogens with zero attached hydrogens (tertiary/aromatic N) is 1. The Morgan fingerprint density at radius 3 is 2.68 bits per heavy atom. The Morgan fingerprint density at radius 1 is 1.11 bits per heavy atom. The summed E-state index contributed by atoms with van der Waals surface area (Å²) in [6.45, 7) is 0. The van der Waals surface area contributed by atoms with Gasteiger partial charge in [-0.2, -0.15) is 0 Å². The zero-order chi connectivity index (χ0) is 13.1. The molecule has 0 amide bonds. The average molecular weight is 252 g/mol. The molecule has 1 aromatic carbocycles. The third kappa shape index (κ3) is 2.85.